The molecule has 1 heterocycles. The maximum Gasteiger partial charge on any atom is 0.119 e. The molecule has 19 heavy (non-hydrogen) atoms. The monoisotopic (exact) mass is 258 g/mol. The molecule has 0 radical (unpaired) electrons. The highest BCUT2D eigenvalue weighted by atomic mass is 16.5. The lowest BCUT2D eigenvalue weighted by Crippen LogP contribution is -2.07. The van der Waals surface area contributed by atoms with Gasteiger partial charge < -0.3 is 15.2 Å². The lowest BCUT2D eigenvalue weighted by Gasteiger charge is -2.07. The molecule has 2 aromatic rings. The molecule has 0 bridgehead atoms. The molecule has 0 amide bonds. The third-order valence-corrected chi connectivity index (χ3v) is 2.60. The predicted molar refractivity (Wildman–Crippen MR) is 73.7 cm³/mol. The minimum atomic E-state index is 0.449. The first-order valence-electron chi connectivity index (χ1n) is 6.28. The van der Waals surface area contributed by atoms with E-state index < -0.39 is 0 Å². The van der Waals surface area contributed by atoms with Crippen molar-refractivity contribution in [3.05, 3.63) is 59.9 Å². The number of nitrogens with zero attached hydrogens (tertiary/aromatic N) is 1. The SMILES string of the molecule is NCc1cc(COCCOc2ccccc2)ccn1. The molecular weight excluding hydrogens is 240 g/mol. The Morgan fingerprint density at radius 1 is 1.05 bits per heavy atom. The van der Waals surface area contributed by atoms with Gasteiger partial charge in [-0.15, -0.1) is 0 Å². The minimum Gasteiger partial charge on any atom is -0.491 e. The zero-order valence-electron chi connectivity index (χ0n) is 10.8. The summed E-state index contributed by atoms with van der Waals surface area (Å²) in [6.07, 6.45) is 1.75. The molecule has 0 atom stereocenters. The van der Waals surface area contributed by atoms with E-state index in [1.807, 2.05) is 42.5 Å². The summed E-state index contributed by atoms with van der Waals surface area (Å²) in [5.41, 5.74) is 7.49. The van der Waals surface area contributed by atoms with Crippen LogP contribution in [0.15, 0.2) is 48.7 Å². The van der Waals surface area contributed by atoms with Crippen LogP contribution in [0.3, 0.4) is 0 Å². The summed E-state index contributed by atoms with van der Waals surface area (Å²) in [5.74, 6) is 0.862. The van der Waals surface area contributed by atoms with Crippen LogP contribution < -0.4 is 10.5 Å². The molecule has 1 aromatic carbocycles. The van der Waals surface area contributed by atoms with Crippen molar-refractivity contribution >= 4 is 0 Å². The molecule has 100 valence electrons. The van der Waals surface area contributed by atoms with Gasteiger partial charge in [-0.1, -0.05) is 18.2 Å². The van der Waals surface area contributed by atoms with Gasteiger partial charge in [0.25, 0.3) is 0 Å². The van der Waals surface area contributed by atoms with Crippen LogP contribution in [0.1, 0.15) is 11.3 Å². The van der Waals surface area contributed by atoms with Gasteiger partial charge in [-0.2, -0.15) is 0 Å². The van der Waals surface area contributed by atoms with Gasteiger partial charge in [0.15, 0.2) is 0 Å². The number of aromatic nitrogens is 1. The first kappa shape index (κ1) is 13.5. The van der Waals surface area contributed by atoms with Gasteiger partial charge in [0.2, 0.25) is 0 Å². The molecule has 0 saturated carbocycles. The fraction of sp³-hybridized carbons (Fsp3) is 0.267. The van der Waals surface area contributed by atoms with Crippen molar-refractivity contribution in [2.45, 2.75) is 13.2 Å². The van der Waals surface area contributed by atoms with E-state index in [0.717, 1.165) is 17.0 Å². The van der Waals surface area contributed by atoms with Crippen molar-refractivity contribution in [2.24, 2.45) is 5.73 Å². The molecule has 0 spiro atoms. The zero-order valence-corrected chi connectivity index (χ0v) is 10.8. The van der Waals surface area contributed by atoms with Crippen molar-refractivity contribution in [2.75, 3.05) is 13.2 Å². The summed E-state index contributed by atoms with van der Waals surface area (Å²) in [6, 6.07) is 13.6. The number of pyridine rings is 1. The van der Waals surface area contributed by atoms with Crippen LogP contribution in [0.4, 0.5) is 0 Å². The predicted octanol–water partition coefficient (Wildman–Crippen LogP) is 2.14. The largest absolute Gasteiger partial charge is 0.491 e. The number of nitrogens with two attached hydrogens (primary N) is 1. The summed E-state index contributed by atoms with van der Waals surface area (Å²) < 4.78 is 11.1. The average Bonchev–Trinajstić information content (AvgIpc) is 2.48. The van der Waals surface area contributed by atoms with E-state index in [4.69, 9.17) is 15.2 Å². The average molecular weight is 258 g/mol. The van der Waals surface area contributed by atoms with Crippen molar-refractivity contribution in [3.63, 3.8) is 0 Å². The molecule has 0 fully saturated rings. The number of hydrogen-bond donors (Lipinski definition) is 1. The number of benzene rings is 1. The number of hydrogen-bond acceptors (Lipinski definition) is 4. The van der Waals surface area contributed by atoms with E-state index in [1.54, 1.807) is 6.20 Å². The molecular formula is C15H18N2O2. The molecule has 0 aliphatic heterocycles. The van der Waals surface area contributed by atoms with Crippen LogP contribution >= 0.6 is 0 Å². The van der Waals surface area contributed by atoms with E-state index >= 15 is 0 Å². The Hall–Kier alpha value is -1.91. The van der Waals surface area contributed by atoms with Crippen LogP contribution in [0.25, 0.3) is 0 Å². The van der Waals surface area contributed by atoms with E-state index in [9.17, 15) is 0 Å². The lowest BCUT2D eigenvalue weighted by atomic mass is 10.2. The number of ether oxygens (including phenoxy) is 2. The molecule has 2 N–H and O–H groups in total. The maximum atomic E-state index is 5.55. The summed E-state index contributed by atoms with van der Waals surface area (Å²) >= 11 is 0. The summed E-state index contributed by atoms with van der Waals surface area (Å²) in [4.78, 5) is 4.14. The maximum absolute atomic E-state index is 5.55. The van der Waals surface area contributed by atoms with Gasteiger partial charge in [-0.05, 0) is 29.8 Å². The van der Waals surface area contributed by atoms with Crippen LogP contribution in [0.5, 0.6) is 5.75 Å². The highest BCUT2D eigenvalue weighted by Crippen LogP contribution is 2.08. The second kappa shape index (κ2) is 7.51. The molecule has 0 saturated heterocycles. The Morgan fingerprint density at radius 2 is 1.89 bits per heavy atom. The standard InChI is InChI=1S/C15H18N2O2/c16-11-14-10-13(6-7-17-14)12-18-8-9-19-15-4-2-1-3-5-15/h1-7,10H,8-9,11-12,16H2. The number of rotatable bonds is 7. The van der Waals surface area contributed by atoms with Crippen molar-refractivity contribution in [3.8, 4) is 5.75 Å². The summed E-state index contributed by atoms with van der Waals surface area (Å²) in [7, 11) is 0. The van der Waals surface area contributed by atoms with Crippen molar-refractivity contribution in [1.82, 2.24) is 4.98 Å². The third kappa shape index (κ3) is 4.69. The van der Waals surface area contributed by atoms with Gasteiger partial charge in [0.05, 0.1) is 18.9 Å². The Labute approximate surface area is 113 Å². The van der Waals surface area contributed by atoms with Crippen LogP contribution in [-0.4, -0.2) is 18.2 Å². The van der Waals surface area contributed by atoms with E-state index in [2.05, 4.69) is 4.98 Å². The van der Waals surface area contributed by atoms with Crippen LogP contribution in [0.2, 0.25) is 0 Å². The zero-order chi connectivity index (χ0) is 13.3. The summed E-state index contributed by atoms with van der Waals surface area (Å²) in [6.45, 7) is 2.09. The molecule has 0 unspecified atom stereocenters. The van der Waals surface area contributed by atoms with E-state index in [-0.39, 0.29) is 0 Å². The number of para-hydroxylation sites is 1. The van der Waals surface area contributed by atoms with Gasteiger partial charge >= 0.3 is 0 Å². The minimum absolute atomic E-state index is 0.449. The quantitative estimate of drug-likeness (QED) is 0.773. The van der Waals surface area contributed by atoms with Gasteiger partial charge in [0.1, 0.15) is 12.4 Å². The Bertz CT molecular complexity index is 489. The molecule has 4 nitrogen and oxygen atoms in total. The van der Waals surface area contributed by atoms with E-state index in [1.165, 1.54) is 0 Å². The van der Waals surface area contributed by atoms with Crippen molar-refractivity contribution in [1.29, 1.82) is 0 Å². The second-order valence-corrected chi connectivity index (χ2v) is 4.07. The van der Waals surface area contributed by atoms with Gasteiger partial charge in [-0.25, -0.2) is 0 Å². The molecule has 1 aromatic heterocycles. The third-order valence-electron chi connectivity index (χ3n) is 2.60. The Morgan fingerprint density at radius 3 is 2.68 bits per heavy atom. The molecule has 2 rings (SSSR count). The Balaban J connectivity index is 1.66. The fourth-order valence-corrected chi connectivity index (χ4v) is 1.65. The van der Waals surface area contributed by atoms with Gasteiger partial charge in [-0.3, -0.25) is 4.98 Å². The highest BCUT2D eigenvalue weighted by Gasteiger charge is 1.97. The van der Waals surface area contributed by atoms with E-state index in [0.29, 0.717) is 26.4 Å². The topological polar surface area (TPSA) is 57.4 Å². The fourth-order valence-electron chi connectivity index (χ4n) is 1.65. The summed E-state index contributed by atoms with van der Waals surface area (Å²) in [5, 5.41) is 0. The van der Waals surface area contributed by atoms with Crippen LogP contribution in [-0.2, 0) is 17.9 Å². The van der Waals surface area contributed by atoms with Gasteiger partial charge in [0, 0.05) is 12.7 Å². The first-order valence-corrected chi connectivity index (χ1v) is 6.28. The second-order valence-electron chi connectivity index (χ2n) is 4.07. The van der Waals surface area contributed by atoms with Crippen molar-refractivity contribution < 1.29 is 9.47 Å². The Kier molecular flexibility index (Phi) is 5.34. The molecule has 4 heteroatoms. The highest BCUT2D eigenvalue weighted by molar-refractivity contribution is 5.20. The molecule has 0 aliphatic rings. The molecule has 0 aliphatic carbocycles. The van der Waals surface area contributed by atoms with Crippen LogP contribution in [0, 0.1) is 0 Å². The lowest BCUT2D eigenvalue weighted by molar-refractivity contribution is 0.0888. The smallest absolute Gasteiger partial charge is 0.119 e. The first-order chi connectivity index (χ1) is 9.38. The normalized spacial score (nSPS) is 10.4.